The Bertz CT molecular complexity index is 1040. The van der Waals surface area contributed by atoms with Gasteiger partial charge in [-0.3, -0.25) is 4.79 Å². The number of carbonyl (C=O) groups is 2. The second-order valence-corrected chi connectivity index (χ2v) is 6.61. The van der Waals surface area contributed by atoms with E-state index in [4.69, 9.17) is 9.84 Å². The number of aromatic carboxylic acids is 1. The van der Waals surface area contributed by atoms with Gasteiger partial charge in [0.15, 0.2) is 0 Å². The van der Waals surface area contributed by atoms with Gasteiger partial charge in [0.1, 0.15) is 5.75 Å². The summed E-state index contributed by atoms with van der Waals surface area (Å²) in [7, 11) is 0. The molecule has 3 rings (SSSR count). The maximum absolute atomic E-state index is 13.0. The summed E-state index contributed by atoms with van der Waals surface area (Å²) in [6.45, 7) is 2.75. The third-order valence-corrected chi connectivity index (χ3v) is 4.46. The Hall–Kier alpha value is -3.86. The summed E-state index contributed by atoms with van der Waals surface area (Å²) in [5, 5.41) is 12.0. The van der Waals surface area contributed by atoms with Crippen LogP contribution >= 0.6 is 0 Å². The van der Waals surface area contributed by atoms with Crippen molar-refractivity contribution in [3.8, 4) is 5.75 Å². The third kappa shape index (κ3) is 5.58. The lowest BCUT2D eigenvalue weighted by atomic mass is 10.0. The molecular formula is C25H23NO4. The van der Waals surface area contributed by atoms with E-state index in [9.17, 15) is 9.59 Å². The summed E-state index contributed by atoms with van der Waals surface area (Å²) in [6.07, 6.45) is 1.83. The van der Waals surface area contributed by atoms with Crippen LogP contribution in [0.15, 0.2) is 78.9 Å². The molecule has 0 fully saturated rings. The van der Waals surface area contributed by atoms with Gasteiger partial charge in [-0.2, -0.15) is 0 Å². The molecule has 0 saturated carbocycles. The molecule has 0 aliphatic heterocycles. The van der Waals surface area contributed by atoms with E-state index in [2.05, 4.69) is 5.32 Å². The van der Waals surface area contributed by atoms with Gasteiger partial charge in [0.25, 0.3) is 5.91 Å². The molecule has 0 aliphatic rings. The fourth-order valence-corrected chi connectivity index (χ4v) is 2.98. The summed E-state index contributed by atoms with van der Waals surface area (Å²) in [4.78, 5) is 24.1. The maximum Gasteiger partial charge on any atom is 0.335 e. The molecule has 3 aromatic rings. The largest absolute Gasteiger partial charge is 0.494 e. The number of rotatable bonds is 8. The van der Waals surface area contributed by atoms with Gasteiger partial charge in [0.05, 0.1) is 12.2 Å². The molecule has 0 aromatic heterocycles. The average Bonchev–Trinajstić information content (AvgIpc) is 2.78. The van der Waals surface area contributed by atoms with Crippen molar-refractivity contribution in [2.75, 3.05) is 6.61 Å². The van der Waals surface area contributed by atoms with Crippen LogP contribution in [0.4, 0.5) is 0 Å². The summed E-state index contributed by atoms with van der Waals surface area (Å²) >= 11 is 0. The number of carboxylic acids is 1. The first-order valence-electron chi connectivity index (χ1n) is 9.67. The minimum atomic E-state index is -0.997. The molecule has 0 radical (unpaired) electrons. The minimum Gasteiger partial charge on any atom is -0.494 e. The molecule has 5 nitrogen and oxygen atoms in total. The number of hydrogen-bond acceptors (Lipinski definition) is 3. The lowest BCUT2D eigenvalue weighted by Gasteiger charge is -2.11. The van der Waals surface area contributed by atoms with Crippen molar-refractivity contribution in [3.05, 3.63) is 101 Å². The van der Waals surface area contributed by atoms with Gasteiger partial charge in [-0.15, -0.1) is 0 Å². The molecule has 0 unspecified atom stereocenters. The first-order valence-corrected chi connectivity index (χ1v) is 9.67. The molecule has 0 atom stereocenters. The second kappa shape index (κ2) is 10.1. The van der Waals surface area contributed by atoms with Crippen molar-refractivity contribution in [2.24, 2.45) is 0 Å². The van der Waals surface area contributed by atoms with Gasteiger partial charge < -0.3 is 15.2 Å². The van der Waals surface area contributed by atoms with E-state index in [1.54, 1.807) is 18.2 Å². The van der Waals surface area contributed by atoms with E-state index in [-0.39, 0.29) is 18.0 Å². The number of benzene rings is 3. The molecule has 0 heterocycles. The minimum absolute atomic E-state index is 0.190. The Morgan fingerprint density at radius 3 is 2.30 bits per heavy atom. The van der Waals surface area contributed by atoms with E-state index >= 15 is 0 Å². The predicted octanol–water partition coefficient (Wildman–Crippen LogP) is 4.64. The van der Waals surface area contributed by atoms with Crippen LogP contribution in [0.2, 0.25) is 0 Å². The lowest BCUT2D eigenvalue weighted by molar-refractivity contribution is -0.115. The zero-order valence-corrected chi connectivity index (χ0v) is 16.7. The molecule has 152 valence electrons. The van der Waals surface area contributed by atoms with Crippen molar-refractivity contribution in [1.82, 2.24) is 5.32 Å². The van der Waals surface area contributed by atoms with Crippen molar-refractivity contribution in [1.29, 1.82) is 0 Å². The van der Waals surface area contributed by atoms with Gasteiger partial charge in [-0.25, -0.2) is 4.79 Å². The van der Waals surface area contributed by atoms with Crippen LogP contribution in [-0.2, 0) is 11.3 Å². The van der Waals surface area contributed by atoms with E-state index in [0.29, 0.717) is 12.2 Å². The normalized spacial score (nSPS) is 11.0. The standard InChI is InChI=1S/C25H23NO4/c1-2-30-22-13-11-18(12-14-22)16-23(20-8-4-3-5-9-20)24(27)26-17-19-7-6-10-21(15-19)25(28)29/h3-16H,2,17H2,1H3,(H,26,27)(H,28,29)/b23-16+. The first-order chi connectivity index (χ1) is 14.6. The van der Waals surface area contributed by atoms with Crippen LogP contribution in [0.5, 0.6) is 5.75 Å². The number of carboxylic acid groups (broad SMARTS) is 1. The molecule has 0 saturated heterocycles. The number of carbonyl (C=O) groups excluding carboxylic acids is 1. The van der Waals surface area contributed by atoms with Crippen molar-refractivity contribution in [2.45, 2.75) is 13.5 Å². The smallest absolute Gasteiger partial charge is 0.335 e. The number of hydrogen-bond donors (Lipinski definition) is 2. The Kier molecular flexibility index (Phi) is 7.00. The first kappa shape index (κ1) is 20.9. The third-order valence-electron chi connectivity index (χ3n) is 4.46. The van der Waals surface area contributed by atoms with E-state index in [0.717, 1.165) is 22.4 Å². The topological polar surface area (TPSA) is 75.6 Å². The van der Waals surface area contributed by atoms with E-state index in [1.807, 2.05) is 67.6 Å². The van der Waals surface area contributed by atoms with Crippen molar-refractivity contribution in [3.63, 3.8) is 0 Å². The van der Waals surface area contributed by atoms with Crippen LogP contribution in [-0.4, -0.2) is 23.6 Å². The molecule has 2 N–H and O–H groups in total. The summed E-state index contributed by atoms with van der Waals surface area (Å²) in [5.41, 5.74) is 3.10. The van der Waals surface area contributed by atoms with Crippen LogP contribution < -0.4 is 10.1 Å². The molecule has 3 aromatic carbocycles. The second-order valence-electron chi connectivity index (χ2n) is 6.61. The van der Waals surface area contributed by atoms with E-state index < -0.39 is 5.97 Å². The zero-order valence-electron chi connectivity index (χ0n) is 16.7. The average molecular weight is 401 g/mol. The van der Waals surface area contributed by atoms with Crippen LogP contribution in [0.3, 0.4) is 0 Å². The number of amides is 1. The molecular weight excluding hydrogens is 378 g/mol. The highest BCUT2D eigenvalue weighted by Gasteiger charge is 2.12. The Morgan fingerprint density at radius 1 is 0.933 bits per heavy atom. The predicted molar refractivity (Wildman–Crippen MR) is 117 cm³/mol. The van der Waals surface area contributed by atoms with Crippen molar-refractivity contribution >= 4 is 23.5 Å². The molecule has 0 aliphatic carbocycles. The molecule has 30 heavy (non-hydrogen) atoms. The highest BCUT2D eigenvalue weighted by molar-refractivity contribution is 6.24. The van der Waals surface area contributed by atoms with Crippen LogP contribution in [0.25, 0.3) is 11.6 Å². The fraction of sp³-hybridized carbons (Fsp3) is 0.120. The molecule has 5 heteroatoms. The van der Waals surface area contributed by atoms with Gasteiger partial charge in [0.2, 0.25) is 0 Å². The monoisotopic (exact) mass is 401 g/mol. The number of ether oxygens (including phenoxy) is 1. The van der Waals surface area contributed by atoms with Gasteiger partial charge >= 0.3 is 5.97 Å². The molecule has 0 bridgehead atoms. The quantitative estimate of drug-likeness (QED) is 0.426. The number of nitrogens with one attached hydrogen (secondary N) is 1. The summed E-state index contributed by atoms with van der Waals surface area (Å²) in [5.74, 6) is -0.460. The SMILES string of the molecule is CCOc1ccc(/C=C(/C(=O)NCc2cccc(C(=O)O)c2)c2ccccc2)cc1. The maximum atomic E-state index is 13.0. The van der Waals surface area contributed by atoms with E-state index in [1.165, 1.54) is 6.07 Å². The van der Waals surface area contributed by atoms with Crippen LogP contribution in [0, 0.1) is 0 Å². The lowest BCUT2D eigenvalue weighted by Crippen LogP contribution is -2.24. The summed E-state index contributed by atoms with van der Waals surface area (Å²) < 4.78 is 5.47. The zero-order chi connectivity index (χ0) is 21.3. The van der Waals surface area contributed by atoms with Gasteiger partial charge in [0, 0.05) is 12.1 Å². The highest BCUT2D eigenvalue weighted by Crippen LogP contribution is 2.21. The summed E-state index contributed by atoms with van der Waals surface area (Å²) in [6, 6.07) is 23.5. The molecule has 0 spiro atoms. The van der Waals surface area contributed by atoms with Crippen LogP contribution in [0.1, 0.15) is 34.0 Å². The van der Waals surface area contributed by atoms with Gasteiger partial charge in [-0.1, -0.05) is 54.6 Å². The fourth-order valence-electron chi connectivity index (χ4n) is 2.98. The Labute approximate surface area is 175 Å². The Balaban J connectivity index is 1.82. The van der Waals surface area contributed by atoms with Crippen molar-refractivity contribution < 1.29 is 19.4 Å². The van der Waals surface area contributed by atoms with Gasteiger partial charge in [-0.05, 0) is 54.0 Å². The molecule has 1 amide bonds. The Morgan fingerprint density at radius 2 is 1.63 bits per heavy atom. The highest BCUT2D eigenvalue weighted by atomic mass is 16.5.